The van der Waals surface area contributed by atoms with Crippen LogP contribution in [0.25, 0.3) is 0 Å². The van der Waals surface area contributed by atoms with Gasteiger partial charge in [-0.15, -0.1) is 0 Å². The van der Waals surface area contributed by atoms with Crippen LogP contribution in [-0.2, 0) is 14.8 Å². The van der Waals surface area contributed by atoms with Gasteiger partial charge in [0, 0.05) is 19.5 Å². The van der Waals surface area contributed by atoms with Crippen molar-refractivity contribution in [1.82, 2.24) is 4.31 Å². The van der Waals surface area contributed by atoms with Crippen LogP contribution in [0.3, 0.4) is 0 Å². The summed E-state index contributed by atoms with van der Waals surface area (Å²) in [5.74, 6) is -0.459. The summed E-state index contributed by atoms with van der Waals surface area (Å²) in [6, 6.07) is 4.88. The van der Waals surface area contributed by atoms with Crippen molar-refractivity contribution in [3.05, 3.63) is 30.1 Å². The van der Waals surface area contributed by atoms with E-state index in [4.69, 9.17) is 4.74 Å². The standard InChI is InChI=1S/C16H22FNO4S/c1-15(19)8-11-22-16(12-15)6-9-18(10-7-16)23(20,21)14-4-2-13(17)3-5-14/h2-5,19H,6-12H2,1H3. The number of hydrogen-bond acceptors (Lipinski definition) is 4. The minimum atomic E-state index is -3.61. The van der Waals surface area contributed by atoms with Crippen molar-refractivity contribution in [2.75, 3.05) is 19.7 Å². The molecule has 2 saturated heterocycles. The van der Waals surface area contributed by atoms with E-state index in [0.29, 0.717) is 45.4 Å². The minimum absolute atomic E-state index is 0.103. The molecule has 5 nitrogen and oxygen atoms in total. The molecule has 1 aromatic rings. The second-order valence-electron chi connectivity index (χ2n) is 6.81. The molecule has 0 radical (unpaired) electrons. The lowest BCUT2D eigenvalue weighted by Gasteiger charge is -2.47. The van der Waals surface area contributed by atoms with Crippen LogP contribution >= 0.6 is 0 Å². The molecule has 128 valence electrons. The zero-order chi connectivity index (χ0) is 16.7. The van der Waals surface area contributed by atoms with Gasteiger partial charge in [-0.3, -0.25) is 0 Å². The van der Waals surface area contributed by atoms with E-state index in [9.17, 15) is 17.9 Å². The second kappa shape index (κ2) is 5.81. The Kier molecular flexibility index (Phi) is 4.25. The average Bonchev–Trinajstić information content (AvgIpc) is 2.47. The summed E-state index contributed by atoms with van der Waals surface area (Å²) >= 11 is 0. The van der Waals surface area contributed by atoms with Crippen LogP contribution in [0.15, 0.2) is 29.2 Å². The minimum Gasteiger partial charge on any atom is -0.390 e. The third-order valence-electron chi connectivity index (χ3n) is 4.84. The lowest BCUT2D eigenvalue weighted by molar-refractivity contribution is -0.168. The first-order valence-corrected chi connectivity index (χ1v) is 9.29. The summed E-state index contributed by atoms with van der Waals surface area (Å²) < 4.78 is 45.5. The van der Waals surface area contributed by atoms with Gasteiger partial charge < -0.3 is 9.84 Å². The summed E-state index contributed by atoms with van der Waals surface area (Å²) in [5.41, 5.74) is -1.19. The SMILES string of the molecule is CC1(O)CCOC2(CCN(S(=O)(=O)c3ccc(F)cc3)CC2)C1. The van der Waals surface area contributed by atoms with Gasteiger partial charge in [0.05, 0.1) is 22.7 Å². The molecular formula is C16H22FNO4S. The fourth-order valence-electron chi connectivity index (χ4n) is 3.53. The predicted octanol–water partition coefficient (Wildman–Crippen LogP) is 1.91. The van der Waals surface area contributed by atoms with Gasteiger partial charge in [-0.25, -0.2) is 12.8 Å². The van der Waals surface area contributed by atoms with Crippen LogP contribution < -0.4 is 0 Å². The Hall–Kier alpha value is -1.02. The molecule has 0 saturated carbocycles. The average molecular weight is 343 g/mol. The molecule has 0 amide bonds. The zero-order valence-electron chi connectivity index (χ0n) is 13.2. The van der Waals surface area contributed by atoms with E-state index in [0.717, 1.165) is 12.1 Å². The maximum atomic E-state index is 13.0. The Balaban J connectivity index is 1.72. The summed E-state index contributed by atoms with van der Waals surface area (Å²) in [6.45, 7) is 2.99. The molecule has 3 rings (SSSR count). The van der Waals surface area contributed by atoms with Crippen molar-refractivity contribution in [2.24, 2.45) is 0 Å². The van der Waals surface area contributed by atoms with Gasteiger partial charge >= 0.3 is 0 Å². The highest BCUT2D eigenvalue weighted by Gasteiger charge is 2.46. The van der Waals surface area contributed by atoms with E-state index in [1.807, 2.05) is 0 Å². The molecule has 2 aliphatic heterocycles. The summed E-state index contributed by atoms with van der Waals surface area (Å²) in [5, 5.41) is 10.3. The van der Waals surface area contributed by atoms with Crippen LogP contribution in [0.5, 0.6) is 0 Å². The molecule has 1 unspecified atom stereocenters. The number of hydrogen-bond donors (Lipinski definition) is 1. The lowest BCUT2D eigenvalue weighted by Crippen LogP contribution is -2.54. The van der Waals surface area contributed by atoms with E-state index < -0.39 is 27.0 Å². The van der Waals surface area contributed by atoms with Gasteiger partial charge in [-0.05, 0) is 50.5 Å². The van der Waals surface area contributed by atoms with E-state index in [2.05, 4.69) is 0 Å². The molecule has 7 heteroatoms. The van der Waals surface area contributed by atoms with Gasteiger partial charge in [-0.1, -0.05) is 0 Å². The predicted molar refractivity (Wildman–Crippen MR) is 82.9 cm³/mol. The van der Waals surface area contributed by atoms with E-state index >= 15 is 0 Å². The first-order valence-electron chi connectivity index (χ1n) is 7.85. The van der Waals surface area contributed by atoms with Crippen molar-refractivity contribution in [3.63, 3.8) is 0 Å². The van der Waals surface area contributed by atoms with E-state index in [1.54, 1.807) is 6.92 Å². The molecule has 0 aromatic heterocycles. The first-order chi connectivity index (χ1) is 10.7. The maximum Gasteiger partial charge on any atom is 0.243 e. The largest absolute Gasteiger partial charge is 0.390 e. The summed E-state index contributed by atoms with van der Waals surface area (Å²) in [4.78, 5) is 0.103. The molecule has 1 spiro atoms. The molecule has 0 bridgehead atoms. The molecule has 1 atom stereocenters. The number of rotatable bonds is 2. The molecule has 0 aliphatic carbocycles. The van der Waals surface area contributed by atoms with Crippen LogP contribution in [0.4, 0.5) is 4.39 Å². The van der Waals surface area contributed by atoms with E-state index in [-0.39, 0.29) is 4.90 Å². The quantitative estimate of drug-likeness (QED) is 0.891. The maximum absolute atomic E-state index is 13.0. The first kappa shape index (κ1) is 16.8. The van der Waals surface area contributed by atoms with Gasteiger partial charge in [0.25, 0.3) is 0 Å². The number of sulfonamides is 1. The smallest absolute Gasteiger partial charge is 0.243 e. The molecule has 2 fully saturated rings. The third-order valence-corrected chi connectivity index (χ3v) is 6.75. The normalized spacial score (nSPS) is 28.8. The highest BCUT2D eigenvalue weighted by atomic mass is 32.2. The Labute approximate surface area is 136 Å². The second-order valence-corrected chi connectivity index (χ2v) is 8.75. The Morgan fingerprint density at radius 2 is 1.78 bits per heavy atom. The molecule has 1 N–H and O–H groups in total. The van der Waals surface area contributed by atoms with Crippen LogP contribution in [0, 0.1) is 5.82 Å². The molecular weight excluding hydrogens is 321 g/mol. The summed E-state index contributed by atoms with van der Waals surface area (Å²) in [6.07, 6.45) is 2.25. The monoisotopic (exact) mass is 343 g/mol. The van der Waals surface area contributed by atoms with Crippen LogP contribution in [-0.4, -0.2) is 48.7 Å². The highest BCUT2D eigenvalue weighted by molar-refractivity contribution is 7.89. The van der Waals surface area contributed by atoms with Crippen molar-refractivity contribution in [2.45, 2.75) is 48.7 Å². The molecule has 2 heterocycles. The van der Waals surface area contributed by atoms with Crippen molar-refractivity contribution in [3.8, 4) is 0 Å². The lowest BCUT2D eigenvalue weighted by atomic mass is 9.78. The fourth-order valence-corrected chi connectivity index (χ4v) is 4.97. The number of benzene rings is 1. The molecule has 23 heavy (non-hydrogen) atoms. The number of nitrogens with zero attached hydrogens (tertiary/aromatic N) is 1. The Morgan fingerprint density at radius 1 is 1.17 bits per heavy atom. The summed E-state index contributed by atoms with van der Waals surface area (Å²) in [7, 11) is -3.61. The van der Waals surface area contributed by atoms with Gasteiger partial charge in [0.2, 0.25) is 10.0 Å². The van der Waals surface area contributed by atoms with Crippen molar-refractivity contribution < 1.29 is 22.7 Å². The van der Waals surface area contributed by atoms with Gasteiger partial charge in [0.1, 0.15) is 5.82 Å². The molecule has 2 aliphatic rings. The Morgan fingerprint density at radius 3 is 2.35 bits per heavy atom. The Bertz CT molecular complexity index is 664. The molecule has 1 aromatic carbocycles. The number of ether oxygens (including phenoxy) is 1. The van der Waals surface area contributed by atoms with Crippen molar-refractivity contribution in [1.29, 1.82) is 0 Å². The third kappa shape index (κ3) is 3.42. The van der Waals surface area contributed by atoms with Crippen LogP contribution in [0.2, 0.25) is 0 Å². The number of halogens is 1. The number of aliphatic hydroxyl groups is 1. The van der Waals surface area contributed by atoms with E-state index in [1.165, 1.54) is 16.4 Å². The van der Waals surface area contributed by atoms with Crippen molar-refractivity contribution >= 4 is 10.0 Å². The van der Waals surface area contributed by atoms with Gasteiger partial charge in [-0.2, -0.15) is 4.31 Å². The topological polar surface area (TPSA) is 66.8 Å². The fraction of sp³-hybridized carbons (Fsp3) is 0.625. The number of piperidine rings is 1. The van der Waals surface area contributed by atoms with Crippen LogP contribution in [0.1, 0.15) is 32.6 Å². The zero-order valence-corrected chi connectivity index (χ0v) is 14.0. The van der Waals surface area contributed by atoms with Gasteiger partial charge in [0.15, 0.2) is 0 Å². The highest BCUT2D eigenvalue weighted by Crippen LogP contribution is 2.40.